The minimum Gasteiger partial charge on any atom is -0.348 e. The highest BCUT2D eigenvalue weighted by atomic mass is 35.5. The standard InChI is InChI=1S/C23H28ClN3O2/c1-3-26(4-2)16-18-9-7-17(8-10-18)15-25-23(29)19-11-12-20(24)21(14-19)27-13-5-6-22(27)28/h7-12,14H,3-6,13,15-16H2,1-2H3,(H,25,29)/p+1. The van der Waals surface area contributed by atoms with Crippen LogP contribution in [0.5, 0.6) is 0 Å². The van der Waals surface area contributed by atoms with Crippen molar-refractivity contribution in [2.75, 3.05) is 24.5 Å². The zero-order valence-electron chi connectivity index (χ0n) is 17.1. The van der Waals surface area contributed by atoms with E-state index >= 15 is 0 Å². The largest absolute Gasteiger partial charge is 0.348 e. The van der Waals surface area contributed by atoms with Crippen molar-refractivity contribution in [1.29, 1.82) is 0 Å². The van der Waals surface area contributed by atoms with E-state index in [1.54, 1.807) is 28.0 Å². The van der Waals surface area contributed by atoms with Gasteiger partial charge in [0.25, 0.3) is 5.91 Å². The number of carbonyl (C=O) groups excluding carboxylic acids is 2. The maximum Gasteiger partial charge on any atom is 0.251 e. The van der Waals surface area contributed by atoms with Gasteiger partial charge in [-0.05, 0) is 44.0 Å². The number of amides is 2. The Kier molecular flexibility index (Phi) is 7.29. The van der Waals surface area contributed by atoms with Crippen molar-refractivity contribution in [3.8, 4) is 0 Å². The number of quaternary nitrogens is 1. The summed E-state index contributed by atoms with van der Waals surface area (Å²) in [5.74, 6) is -0.123. The lowest BCUT2D eigenvalue weighted by molar-refractivity contribution is -0.910. The second-order valence-electron chi connectivity index (χ2n) is 7.45. The van der Waals surface area contributed by atoms with Crippen LogP contribution in [-0.4, -0.2) is 31.4 Å². The number of benzene rings is 2. The smallest absolute Gasteiger partial charge is 0.251 e. The van der Waals surface area contributed by atoms with Gasteiger partial charge < -0.3 is 15.1 Å². The van der Waals surface area contributed by atoms with Gasteiger partial charge in [0.15, 0.2) is 0 Å². The summed E-state index contributed by atoms with van der Waals surface area (Å²) in [6.45, 7) is 8.74. The monoisotopic (exact) mass is 414 g/mol. The highest BCUT2D eigenvalue weighted by molar-refractivity contribution is 6.34. The molecule has 0 saturated carbocycles. The molecule has 1 aliphatic rings. The van der Waals surface area contributed by atoms with E-state index in [4.69, 9.17) is 11.6 Å². The quantitative estimate of drug-likeness (QED) is 0.697. The molecule has 5 nitrogen and oxygen atoms in total. The molecule has 1 aliphatic heterocycles. The van der Waals surface area contributed by atoms with Gasteiger partial charge in [-0.15, -0.1) is 0 Å². The first-order valence-electron chi connectivity index (χ1n) is 10.3. The third kappa shape index (κ3) is 5.37. The van der Waals surface area contributed by atoms with E-state index in [9.17, 15) is 9.59 Å². The van der Waals surface area contributed by atoms with Crippen LogP contribution in [-0.2, 0) is 17.9 Å². The second kappa shape index (κ2) is 9.90. The van der Waals surface area contributed by atoms with Crippen LogP contribution in [0.4, 0.5) is 5.69 Å². The lowest BCUT2D eigenvalue weighted by atomic mass is 10.1. The predicted molar refractivity (Wildman–Crippen MR) is 116 cm³/mol. The van der Waals surface area contributed by atoms with Crippen molar-refractivity contribution in [2.45, 2.75) is 39.8 Å². The van der Waals surface area contributed by atoms with Gasteiger partial charge in [-0.25, -0.2) is 0 Å². The van der Waals surface area contributed by atoms with E-state index in [0.29, 0.717) is 35.8 Å². The predicted octanol–water partition coefficient (Wildman–Crippen LogP) is 2.82. The van der Waals surface area contributed by atoms with Crippen molar-refractivity contribution in [2.24, 2.45) is 0 Å². The number of rotatable bonds is 8. The van der Waals surface area contributed by atoms with Gasteiger partial charge in [0.2, 0.25) is 5.91 Å². The molecule has 0 spiro atoms. The molecule has 0 atom stereocenters. The van der Waals surface area contributed by atoms with Crippen molar-refractivity contribution < 1.29 is 14.5 Å². The normalized spacial score (nSPS) is 13.9. The summed E-state index contributed by atoms with van der Waals surface area (Å²) < 4.78 is 0. The first kappa shape index (κ1) is 21.3. The molecule has 6 heteroatoms. The van der Waals surface area contributed by atoms with Crippen LogP contribution in [0.25, 0.3) is 0 Å². The van der Waals surface area contributed by atoms with Gasteiger partial charge in [-0.2, -0.15) is 0 Å². The number of hydrogen-bond donors (Lipinski definition) is 2. The molecular formula is C23H29ClN3O2+. The SMILES string of the molecule is CC[NH+](CC)Cc1ccc(CNC(=O)c2ccc(Cl)c(N3CCCC3=O)c2)cc1. The highest BCUT2D eigenvalue weighted by Gasteiger charge is 2.24. The molecule has 0 bridgehead atoms. The summed E-state index contributed by atoms with van der Waals surface area (Å²) >= 11 is 6.26. The third-order valence-electron chi connectivity index (χ3n) is 5.50. The van der Waals surface area contributed by atoms with E-state index in [2.05, 4.69) is 43.4 Å². The molecule has 29 heavy (non-hydrogen) atoms. The Bertz CT molecular complexity index is 863. The fraction of sp³-hybridized carbons (Fsp3) is 0.391. The van der Waals surface area contributed by atoms with Crippen LogP contribution < -0.4 is 15.1 Å². The van der Waals surface area contributed by atoms with E-state index in [0.717, 1.165) is 31.6 Å². The summed E-state index contributed by atoms with van der Waals surface area (Å²) in [4.78, 5) is 27.8. The zero-order chi connectivity index (χ0) is 20.8. The number of nitrogens with zero attached hydrogens (tertiary/aromatic N) is 1. The molecule has 2 aromatic carbocycles. The molecule has 2 amide bonds. The van der Waals surface area contributed by atoms with Crippen LogP contribution in [0, 0.1) is 0 Å². The molecule has 1 heterocycles. The topological polar surface area (TPSA) is 53.9 Å². The van der Waals surface area contributed by atoms with Crippen LogP contribution >= 0.6 is 11.6 Å². The summed E-state index contributed by atoms with van der Waals surface area (Å²) in [6, 6.07) is 13.5. The minimum atomic E-state index is -0.175. The van der Waals surface area contributed by atoms with E-state index in [1.165, 1.54) is 5.56 Å². The number of halogens is 1. The van der Waals surface area contributed by atoms with Crippen molar-refractivity contribution in [3.63, 3.8) is 0 Å². The van der Waals surface area contributed by atoms with Gasteiger partial charge >= 0.3 is 0 Å². The summed E-state index contributed by atoms with van der Waals surface area (Å²) in [7, 11) is 0. The lowest BCUT2D eigenvalue weighted by Gasteiger charge is -2.18. The zero-order valence-corrected chi connectivity index (χ0v) is 17.9. The molecule has 0 aliphatic carbocycles. The summed E-state index contributed by atoms with van der Waals surface area (Å²) in [6.07, 6.45) is 1.34. The Morgan fingerprint density at radius 3 is 2.41 bits per heavy atom. The van der Waals surface area contributed by atoms with Gasteiger partial charge in [-0.1, -0.05) is 35.9 Å². The highest BCUT2D eigenvalue weighted by Crippen LogP contribution is 2.30. The Morgan fingerprint density at radius 1 is 1.10 bits per heavy atom. The fourth-order valence-electron chi connectivity index (χ4n) is 3.61. The van der Waals surface area contributed by atoms with Gasteiger partial charge in [0, 0.05) is 30.6 Å². The molecule has 0 radical (unpaired) electrons. The van der Waals surface area contributed by atoms with E-state index in [1.807, 2.05) is 0 Å². The molecule has 0 unspecified atom stereocenters. The summed E-state index contributed by atoms with van der Waals surface area (Å²) in [5, 5.41) is 3.44. The Labute approximate surface area is 177 Å². The first-order valence-corrected chi connectivity index (χ1v) is 10.7. The molecule has 1 saturated heterocycles. The Morgan fingerprint density at radius 2 is 1.79 bits per heavy atom. The van der Waals surface area contributed by atoms with Crippen molar-refractivity contribution in [1.82, 2.24) is 5.32 Å². The number of anilines is 1. The van der Waals surface area contributed by atoms with Crippen LogP contribution in [0.3, 0.4) is 0 Å². The van der Waals surface area contributed by atoms with Crippen LogP contribution in [0.2, 0.25) is 5.02 Å². The van der Waals surface area contributed by atoms with Gasteiger partial charge in [0.1, 0.15) is 6.54 Å². The van der Waals surface area contributed by atoms with Gasteiger partial charge in [0.05, 0.1) is 23.8 Å². The van der Waals surface area contributed by atoms with Crippen molar-refractivity contribution >= 4 is 29.1 Å². The molecule has 154 valence electrons. The third-order valence-corrected chi connectivity index (χ3v) is 5.82. The molecule has 0 aromatic heterocycles. The van der Waals surface area contributed by atoms with Crippen LogP contribution in [0.15, 0.2) is 42.5 Å². The summed E-state index contributed by atoms with van der Waals surface area (Å²) in [5.41, 5.74) is 3.48. The minimum absolute atomic E-state index is 0.0519. The molecule has 2 N–H and O–H groups in total. The lowest BCUT2D eigenvalue weighted by Crippen LogP contribution is -3.10. The second-order valence-corrected chi connectivity index (χ2v) is 7.86. The fourth-order valence-corrected chi connectivity index (χ4v) is 3.83. The van der Waals surface area contributed by atoms with Crippen LogP contribution in [0.1, 0.15) is 48.2 Å². The average molecular weight is 415 g/mol. The number of hydrogen-bond acceptors (Lipinski definition) is 2. The first-order chi connectivity index (χ1) is 14.0. The van der Waals surface area contributed by atoms with Gasteiger partial charge in [-0.3, -0.25) is 9.59 Å². The number of carbonyl (C=O) groups is 2. The average Bonchev–Trinajstić information content (AvgIpc) is 3.17. The number of nitrogens with one attached hydrogen (secondary N) is 2. The maximum atomic E-state index is 12.6. The van der Waals surface area contributed by atoms with E-state index < -0.39 is 0 Å². The molecular weight excluding hydrogens is 386 g/mol. The van der Waals surface area contributed by atoms with Crippen molar-refractivity contribution in [3.05, 3.63) is 64.2 Å². The van der Waals surface area contributed by atoms with E-state index in [-0.39, 0.29) is 11.8 Å². The Hall–Kier alpha value is -2.37. The maximum absolute atomic E-state index is 12.6. The molecule has 3 rings (SSSR count). The molecule has 1 fully saturated rings. The molecule has 2 aromatic rings. The Balaban J connectivity index is 1.61.